The van der Waals surface area contributed by atoms with E-state index in [9.17, 15) is 0 Å². The van der Waals surface area contributed by atoms with Gasteiger partial charge in [0.2, 0.25) is 0 Å². The Kier molecular flexibility index (Phi) is 2.03. The molecule has 1 aromatic carbocycles. The van der Waals surface area contributed by atoms with Crippen molar-refractivity contribution >= 4 is 21.6 Å². The Morgan fingerprint density at radius 2 is 2.36 bits per heavy atom. The summed E-state index contributed by atoms with van der Waals surface area (Å²) in [6.07, 6.45) is 1.20. The highest BCUT2D eigenvalue weighted by Gasteiger charge is 2.30. The molecule has 2 nitrogen and oxygen atoms in total. The van der Waals surface area contributed by atoms with Gasteiger partial charge in [-0.1, -0.05) is 22.0 Å². The van der Waals surface area contributed by atoms with Gasteiger partial charge in [-0.2, -0.15) is 0 Å². The van der Waals surface area contributed by atoms with E-state index in [0.29, 0.717) is 6.04 Å². The van der Waals surface area contributed by atoms with E-state index in [4.69, 9.17) is 0 Å². The molecule has 0 spiro atoms. The second-order valence-electron chi connectivity index (χ2n) is 4.03. The standard InChI is InChI=1S/C11H13BrN2/c12-9-2-1-8-5-10-7-13-3-4-14(10)11(8)6-9/h1-2,6,10,13H,3-5,7H2. The molecule has 1 aromatic rings. The van der Waals surface area contributed by atoms with E-state index >= 15 is 0 Å². The monoisotopic (exact) mass is 252 g/mol. The van der Waals surface area contributed by atoms with Gasteiger partial charge in [0.15, 0.2) is 0 Å². The molecule has 1 atom stereocenters. The third-order valence-electron chi connectivity index (χ3n) is 3.16. The van der Waals surface area contributed by atoms with Crippen LogP contribution >= 0.6 is 15.9 Å². The highest BCUT2D eigenvalue weighted by atomic mass is 79.9. The molecule has 1 saturated heterocycles. The second kappa shape index (κ2) is 3.24. The Labute approximate surface area is 92.4 Å². The Morgan fingerprint density at radius 3 is 3.29 bits per heavy atom. The molecule has 0 amide bonds. The molecule has 1 fully saturated rings. The van der Waals surface area contributed by atoms with Crippen LogP contribution in [0.15, 0.2) is 22.7 Å². The fraction of sp³-hybridized carbons (Fsp3) is 0.455. The fourth-order valence-electron chi connectivity index (χ4n) is 2.49. The topological polar surface area (TPSA) is 15.3 Å². The predicted octanol–water partition coefficient (Wildman–Crippen LogP) is 1.78. The van der Waals surface area contributed by atoms with E-state index in [2.05, 4.69) is 44.3 Å². The average Bonchev–Trinajstić information content (AvgIpc) is 2.56. The minimum Gasteiger partial charge on any atom is -0.365 e. The lowest BCUT2D eigenvalue weighted by Gasteiger charge is -2.32. The lowest BCUT2D eigenvalue weighted by atomic mass is 10.1. The van der Waals surface area contributed by atoms with Gasteiger partial charge in [0, 0.05) is 35.8 Å². The molecule has 0 aromatic heterocycles. The number of fused-ring (bicyclic) bond motifs is 3. The van der Waals surface area contributed by atoms with Gasteiger partial charge in [-0.25, -0.2) is 0 Å². The quantitative estimate of drug-likeness (QED) is 0.758. The molecular formula is C11H13BrN2. The van der Waals surface area contributed by atoms with Gasteiger partial charge in [0.25, 0.3) is 0 Å². The number of hydrogen-bond acceptors (Lipinski definition) is 2. The molecule has 3 heteroatoms. The fourth-order valence-corrected chi connectivity index (χ4v) is 2.84. The van der Waals surface area contributed by atoms with Crippen molar-refractivity contribution in [3.63, 3.8) is 0 Å². The molecule has 14 heavy (non-hydrogen) atoms. The number of halogens is 1. The van der Waals surface area contributed by atoms with Crippen LogP contribution in [0.25, 0.3) is 0 Å². The van der Waals surface area contributed by atoms with Crippen molar-refractivity contribution in [2.24, 2.45) is 0 Å². The molecule has 0 saturated carbocycles. The van der Waals surface area contributed by atoms with E-state index in [-0.39, 0.29) is 0 Å². The molecule has 2 heterocycles. The average molecular weight is 253 g/mol. The molecule has 1 unspecified atom stereocenters. The number of rotatable bonds is 0. The van der Waals surface area contributed by atoms with E-state index in [1.807, 2.05) is 0 Å². The summed E-state index contributed by atoms with van der Waals surface area (Å²) in [5.41, 5.74) is 2.94. The highest BCUT2D eigenvalue weighted by molar-refractivity contribution is 9.10. The first-order chi connectivity index (χ1) is 6.84. The van der Waals surface area contributed by atoms with Gasteiger partial charge in [-0.05, 0) is 24.1 Å². The van der Waals surface area contributed by atoms with Gasteiger partial charge < -0.3 is 10.2 Å². The molecular weight excluding hydrogens is 240 g/mol. The smallest absolute Gasteiger partial charge is 0.0456 e. The zero-order valence-corrected chi connectivity index (χ0v) is 9.55. The Morgan fingerprint density at radius 1 is 1.43 bits per heavy atom. The van der Waals surface area contributed by atoms with Crippen molar-refractivity contribution in [2.45, 2.75) is 12.5 Å². The van der Waals surface area contributed by atoms with Gasteiger partial charge in [0.1, 0.15) is 0 Å². The Balaban J connectivity index is 2.02. The third-order valence-corrected chi connectivity index (χ3v) is 3.66. The summed E-state index contributed by atoms with van der Waals surface area (Å²) in [5.74, 6) is 0. The van der Waals surface area contributed by atoms with E-state index in [0.717, 1.165) is 19.6 Å². The summed E-state index contributed by atoms with van der Waals surface area (Å²) < 4.78 is 1.19. The summed E-state index contributed by atoms with van der Waals surface area (Å²) in [7, 11) is 0. The second-order valence-corrected chi connectivity index (χ2v) is 4.94. The molecule has 2 aliphatic heterocycles. The molecule has 2 aliphatic rings. The van der Waals surface area contributed by atoms with Crippen LogP contribution in [0.2, 0.25) is 0 Å². The summed E-state index contributed by atoms with van der Waals surface area (Å²) in [4.78, 5) is 2.54. The SMILES string of the molecule is Brc1ccc2c(c1)N1CCNCC1C2. The molecule has 0 bridgehead atoms. The van der Waals surface area contributed by atoms with E-state index in [1.165, 1.54) is 22.1 Å². The minimum absolute atomic E-state index is 0.688. The first kappa shape index (κ1) is 8.74. The Hall–Kier alpha value is -0.540. The maximum absolute atomic E-state index is 3.54. The maximum Gasteiger partial charge on any atom is 0.0456 e. The molecule has 1 N–H and O–H groups in total. The van der Waals surface area contributed by atoms with Crippen LogP contribution in [-0.2, 0) is 6.42 Å². The van der Waals surface area contributed by atoms with Crippen LogP contribution in [0.3, 0.4) is 0 Å². The summed E-state index contributed by atoms with van der Waals surface area (Å²) in [6, 6.07) is 7.33. The van der Waals surface area contributed by atoms with Crippen LogP contribution in [0.1, 0.15) is 5.56 Å². The van der Waals surface area contributed by atoms with E-state index in [1.54, 1.807) is 0 Å². The van der Waals surface area contributed by atoms with Crippen LogP contribution in [-0.4, -0.2) is 25.7 Å². The number of anilines is 1. The number of piperazine rings is 1. The van der Waals surface area contributed by atoms with Gasteiger partial charge >= 0.3 is 0 Å². The highest BCUT2D eigenvalue weighted by Crippen LogP contribution is 2.34. The largest absolute Gasteiger partial charge is 0.365 e. The van der Waals surface area contributed by atoms with Crippen LogP contribution in [0.5, 0.6) is 0 Å². The molecule has 0 radical (unpaired) electrons. The number of nitrogens with zero attached hydrogens (tertiary/aromatic N) is 1. The van der Waals surface area contributed by atoms with Crippen molar-refractivity contribution in [1.82, 2.24) is 5.32 Å². The van der Waals surface area contributed by atoms with Crippen LogP contribution < -0.4 is 10.2 Å². The normalized spacial score (nSPS) is 24.6. The number of benzene rings is 1. The lowest BCUT2D eigenvalue weighted by Crippen LogP contribution is -2.49. The van der Waals surface area contributed by atoms with Crippen molar-refractivity contribution in [3.8, 4) is 0 Å². The molecule has 3 rings (SSSR count). The summed E-state index contributed by atoms with van der Waals surface area (Å²) in [6.45, 7) is 3.39. The zero-order valence-electron chi connectivity index (χ0n) is 7.96. The van der Waals surface area contributed by atoms with Gasteiger partial charge in [-0.15, -0.1) is 0 Å². The van der Waals surface area contributed by atoms with Crippen molar-refractivity contribution in [2.75, 3.05) is 24.5 Å². The van der Waals surface area contributed by atoms with Crippen molar-refractivity contribution in [3.05, 3.63) is 28.2 Å². The lowest BCUT2D eigenvalue weighted by molar-refractivity contribution is 0.495. The first-order valence-electron chi connectivity index (χ1n) is 5.10. The zero-order chi connectivity index (χ0) is 9.54. The first-order valence-corrected chi connectivity index (χ1v) is 5.90. The summed E-state index contributed by atoms with van der Waals surface area (Å²) in [5, 5.41) is 3.45. The van der Waals surface area contributed by atoms with Crippen molar-refractivity contribution in [1.29, 1.82) is 0 Å². The number of nitrogens with one attached hydrogen (secondary N) is 1. The van der Waals surface area contributed by atoms with Gasteiger partial charge in [-0.3, -0.25) is 0 Å². The summed E-state index contributed by atoms with van der Waals surface area (Å²) >= 11 is 3.54. The molecule has 0 aliphatic carbocycles. The van der Waals surface area contributed by atoms with Gasteiger partial charge in [0.05, 0.1) is 0 Å². The minimum atomic E-state index is 0.688. The third kappa shape index (κ3) is 1.27. The number of hydrogen-bond donors (Lipinski definition) is 1. The van der Waals surface area contributed by atoms with Crippen LogP contribution in [0.4, 0.5) is 5.69 Å². The predicted molar refractivity (Wildman–Crippen MR) is 61.8 cm³/mol. The van der Waals surface area contributed by atoms with Crippen molar-refractivity contribution < 1.29 is 0 Å². The van der Waals surface area contributed by atoms with Crippen LogP contribution in [0, 0.1) is 0 Å². The molecule has 74 valence electrons. The Bertz CT molecular complexity index is 364. The van der Waals surface area contributed by atoms with E-state index < -0.39 is 0 Å². The maximum atomic E-state index is 3.54.